The van der Waals surface area contributed by atoms with Gasteiger partial charge >= 0.3 is 0 Å². The Hall–Kier alpha value is -1.75. The summed E-state index contributed by atoms with van der Waals surface area (Å²) in [6.07, 6.45) is 0. The Kier molecular flexibility index (Phi) is 5.87. The van der Waals surface area contributed by atoms with E-state index in [0.29, 0.717) is 6.04 Å². The molecule has 0 aromatic heterocycles. The first-order valence-electron chi connectivity index (χ1n) is 7.68. The van der Waals surface area contributed by atoms with Crippen LogP contribution < -0.4 is 15.4 Å². The van der Waals surface area contributed by atoms with E-state index in [-0.39, 0.29) is 0 Å². The van der Waals surface area contributed by atoms with E-state index in [1.54, 1.807) is 7.11 Å². The maximum absolute atomic E-state index is 5.35. The number of methoxy groups -OCH3 is 1. The summed E-state index contributed by atoms with van der Waals surface area (Å²) in [6.45, 7) is 9.04. The molecule has 0 fully saturated rings. The molecule has 1 aromatic carbocycles. The summed E-state index contributed by atoms with van der Waals surface area (Å²) in [4.78, 5) is 6.84. The zero-order chi connectivity index (χ0) is 15.1. The van der Waals surface area contributed by atoms with Crippen LogP contribution in [0.2, 0.25) is 0 Å². The molecule has 0 saturated heterocycles. The minimum absolute atomic E-state index is 0.306. The van der Waals surface area contributed by atoms with E-state index in [1.165, 1.54) is 5.56 Å². The zero-order valence-electron chi connectivity index (χ0n) is 13.2. The number of nitrogens with zero attached hydrogens (tertiary/aromatic N) is 2. The van der Waals surface area contributed by atoms with E-state index in [4.69, 9.17) is 4.74 Å². The number of nitrogens with one attached hydrogen (secondary N) is 2. The molecule has 1 atom stereocenters. The number of hydrogen-bond acceptors (Lipinski definition) is 5. The lowest BCUT2D eigenvalue weighted by atomic mass is 10.0. The first-order valence-corrected chi connectivity index (χ1v) is 7.68. The third kappa shape index (κ3) is 4.11. The Bertz CT molecular complexity index is 471. The highest BCUT2D eigenvalue weighted by Gasteiger charge is 2.19. The summed E-state index contributed by atoms with van der Waals surface area (Å²) >= 11 is 0. The molecule has 0 aliphatic carbocycles. The lowest BCUT2D eigenvalue weighted by Crippen LogP contribution is -2.41. The quantitative estimate of drug-likeness (QED) is 0.801. The van der Waals surface area contributed by atoms with Crippen LogP contribution in [-0.2, 0) is 0 Å². The number of rotatable bonds is 7. The summed E-state index contributed by atoms with van der Waals surface area (Å²) < 4.78 is 5.35. The van der Waals surface area contributed by atoms with E-state index in [9.17, 15) is 0 Å². The van der Waals surface area contributed by atoms with Crippen LogP contribution in [0.3, 0.4) is 0 Å². The van der Waals surface area contributed by atoms with Gasteiger partial charge in [-0.15, -0.1) is 0 Å². The second kappa shape index (κ2) is 7.88. The predicted octanol–water partition coefficient (Wildman–Crippen LogP) is 1.63. The molecule has 2 rings (SSSR count). The van der Waals surface area contributed by atoms with Gasteiger partial charge in [-0.25, -0.2) is 0 Å². The predicted molar refractivity (Wildman–Crippen MR) is 87.0 cm³/mol. The largest absolute Gasteiger partial charge is 0.497 e. The lowest BCUT2D eigenvalue weighted by molar-refractivity contribution is 0.218. The van der Waals surface area contributed by atoms with Crippen molar-refractivity contribution in [1.29, 1.82) is 0 Å². The van der Waals surface area contributed by atoms with Crippen LogP contribution in [0.25, 0.3) is 0 Å². The maximum Gasteiger partial charge on any atom is 0.191 e. The van der Waals surface area contributed by atoms with E-state index >= 15 is 0 Å². The molecule has 0 spiro atoms. The number of guanidine groups is 1. The number of likely N-dealkylation sites (N-methyl/N-ethyl adjacent to an activating group) is 1. The fourth-order valence-electron chi connectivity index (χ4n) is 2.68. The molecule has 0 unspecified atom stereocenters. The van der Waals surface area contributed by atoms with Crippen molar-refractivity contribution in [1.82, 2.24) is 15.5 Å². The van der Waals surface area contributed by atoms with Crippen LogP contribution in [0.1, 0.15) is 25.5 Å². The number of benzene rings is 1. The summed E-state index contributed by atoms with van der Waals surface area (Å²) in [5.41, 5.74) is 1.27. The minimum Gasteiger partial charge on any atom is -0.497 e. The van der Waals surface area contributed by atoms with Crippen LogP contribution in [0.5, 0.6) is 5.75 Å². The van der Waals surface area contributed by atoms with Crippen LogP contribution in [0.4, 0.5) is 0 Å². The van der Waals surface area contributed by atoms with E-state index in [0.717, 1.165) is 44.4 Å². The fourth-order valence-corrected chi connectivity index (χ4v) is 2.68. The molecular formula is C16H26N4O. The average Bonchev–Trinajstić information content (AvgIpc) is 3.05. The van der Waals surface area contributed by atoms with Crippen LogP contribution >= 0.6 is 0 Å². The van der Waals surface area contributed by atoms with E-state index in [1.807, 2.05) is 6.07 Å². The molecule has 21 heavy (non-hydrogen) atoms. The van der Waals surface area contributed by atoms with Crippen molar-refractivity contribution in [3.63, 3.8) is 0 Å². The topological polar surface area (TPSA) is 48.9 Å². The molecular weight excluding hydrogens is 264 g/mol. The van der Waals surface area contributed by atoms with Crippen molar-refractivity contribution in [2.45, 2.75) is 19.9 Å². The van der Waals surface area contributed by atoms with Gasteiger partial charge in [-0.05, 0) is 30.8 Å². The Morgan fingerprint density at radius 3 is 2.81 bits per heavy atom. The van der Waals surface area contributed by atoms with Gasteiger partial charge in [0.15, 0.2) is 5.96 Å². The van der Waals surface area contributed by atoms with Gasteiger partial charge in [0.2, 0.25) is 0 Å². The second-order valence-electron chi connectivity index (χ2n) is 5.05. The number of aliphatic imine (C=N–C) groups is 1. The molecule has 116 valence electrons. The third-order valence-electron chi connectivity index (χ3n) is 3.87. The molecule has 1 aliphatic heterocycles. The van der Waals surface area contributed by atoms with Crippen molar-refractivity contribution in [2.24, 2.45) is 4.99 Å². The Labute approximate surface area is 127 Å². The lowest BCUT2D eigenvalue weighted by Gasteiger charge is -2.30. The van der Waals surface area contributed by atoms with Gasteiger partial charge in [-0.3, -0.25) is 9.89 Å². The first kappa shape index (κ1) is 15.6. The average molecular weight is 290 g/mol. The molecule has 0 radical (unpaired) electrons. The van der Waals surface area contributed by atoms with Gasteiger partial charge in [0, 0.05) is 13.1 Å². The normalized spacial score (nSPS) is 15.5. The van der Waals surface area contributed by atoms with Gasteiger partial charge in [-0.2, -0.15) is 0 Å². The summed E-state index contributed by atoms with van der Waals surface area (Å²) in [5.74, 6) is 1.82. The van der Waals surface area contributed by atoms with Gasteiger partial charge in [0.1, 0.15) is 5.75 Å². The summed E-state index contributed by atoms with van der Waals surface area (Å²) in [7, 11) is 1.71. The van der Waals surface area contributed by atoms with Crippen molar-refractivity contribution in [2.75, 3.05) is 39.8 Å². The van der Waals surface area contributed by atoms with Crippen molar-refractivity contribution in [3.05, 3.63) is 29.8 Å². The molecule has 0 amide bonds. The molecule has 2 N–H and O–H groups in total. The molecule has 0 bridgehead atoms. The summed E-state index contributed by atoms with van der Waals surface area (Å²) in [6, 6.07) is 8.63. The number of ether oxygens (including phenoxy) is 1. The minimum atomic E-state index is 0.306. The van der Waals surface area contributed by atoms with Gasteiger partial charge < -0.3 is 15.4 Å². The highest BCUT2D eigenvalue weighted by molar-refractivity contribution is 5.81. The highest BCUT2D eigenvalue weighted by atomic mass is 16.5. The first-order chi connectivity index (χ1) is 10.3. The van der Waals surface area contributed by atoms with Crippen molar-refractivity contribution < 1.29 is 4.74 Å². The molecule has 1 aromatic rings. The molecule has 5 heteroatoms. The SMILES string of the molecule is CCN(CC)[C@H](CNC1=NCCN1)c1cccc(OC)c1. The zero-order valence-corrected chi connectivity index (χ0v) is 13.2. The molecule has 1 aliphatic rings. The van der Waals surface area contributed by atoms with E-state index < -0.39 is 0 Å². The molecule has 5 nitrogen and oxygen atoms in total. The fraction of sp³-hybridized carbons (Fsp3) is 0.562. The van der Waals surface area contributed by atoms with E-state index in [2.05, 4.69) is 52.6 Å². The van der Waals surface area contributed by atoms with Crippen LogP contribution in [0.15, 0.2) is 29.3 Å². The van der Waals surface area contributed by atoms with Gasteiger partial charge in [0.25, 0.3) is 0 Å². The molecule has 1 heterocycles. The van der Waals surface area contributed by atoms with Crippen LogP contribution in [0, 0.1) is 0 Å². The summed E-state index contributed by atoms with van der Waals surface area (Å²) in [5, 5.41) is 6.68. The van der Waals surface area contributed by atoms with Crippen LogP contribution in [-0.4, -0.2) is 50.7 Å². The number of hydrogen-bond donors (Lipinski definition) is 2. The highest BCUT2D eigenvalue weighted by Crippen LogP contribution is 2.23. The Balaban J connectivity index is 2.13. The Morgan fingerprint density at radius 2 is 2.19 bits per heavy atom. The third-order valence-corrected chi connectivity index (χ3v) is 3.87. The molecule has 0 saturated carbocycles. The second-order valence-corrected chi connectivity index (χ2v) is 5.05. The van der Waals surface area contributed by atoms with Crippen molar-refractivity contribution in [3.8, 4) is 5.75 Å². The smallest absolute Gasteiger partial charge is 0.191 e. The maximum atomic E-state index is 5.35. The van der Waals surface area contributed by atoms with Crippen molar-refractivity contribution >= 4 is 5.96 Å². The standard InChI is InChI=1S/C16H26N4O/c1-4-20(5-2)15(12-19-16-17-9-10-18-16)13-7-6-8-14(11-13)21-3/h6-8,11,15H,4-5,9-10,12H2,1-3H3,(H2,17,18,19)/t15-/m1/s1. The monoisotopic (exact) mass is 290 g/mol. The van der Waals surface area contributed by atoms with Gasteiger partial charge in [0.05, 0.1) is 19.7 Å². The van der Waals surface area contributed by atoms with Gasteiger partial charge in [-0.1, -0.05) is 26.0 Å². The Morgan fingerprint density at radius 1 is 1.38 bits per heavy atom.